The van der Waals surface area contributed by atoms with Crippen LogP contribution in [0.4, 0.5) is 11.4 Å². The molecule has 0 amide bonds. The molecule has 130 valence electrons. The molecule has 1 unspecified atom stereocenters. The minimum Gasteiger partial charge on any atom is -0.494 e. The lowest BCUT2D eigenvalue weighted by Crippen LogP contribution is -2.09. The van der Waals surface area contributed by atoms with Crippen molar-refractivity contribution < 1.29 is 9.47 Å². The van der Waals surface area contributed by atoms with E-state index in [2.05, 4.69) is 22.6 Å². The molecule has 2 aromatic carbocycles. The van der Waals surface area contributed by atoms with Crippen LogP contribution in [0.2, 0.25) is 0 Å². The number of hydrogen-bond donors (Lipinski definition) is 2. The summed E-state index contributed by atoms with van der Waals surface area (Å²) in [5.41, 5.74) is 14.3. The van der Waals surface area contributed by atoms with Gasteiger partial charge in [0.1, 0.15) is 15.6 Å². The van der Waals surface area contributed by atoms with E-state index in [1.54, 1.807) is 0 Å². The molecule has 1 atom stereocenters. The first kappa shape index (κ1) is 18.7. The molecule has 0 radical (unpaired) electrons. The molecule has 0 heterocycles. The molecular weight excluding hydrogens is 415 g/mol. The maximum atomic E-state index is 5.88. The van der Waals surface area contributed by atoms with Crippen molar-refractivity contribution in [3.63, 3.8) is 0 Å². The van der Waals surface area contributed by atoms with E-state index in [1.807, 2.05) is 49.4 Å². The molecule has 5 heteroatoms. The molecular formula is C19H25IN2O2. The van der Waals surface area contributed by atoms with Crippen LogP contribution in [0.3, 0.4) is 0 Å². The largest absolute Gasteiger partial charge is 0.494 e. The van der Waals surface area contributed by atoms with E-state index < -0.39 is 0 Å². The van der Waals surface area contributed by atoms with E-state index in [0.29, 0.717) is 12.3 Å². The lowest BCUT2D eigenvalue weighted by Gasteiger charge is -2.14. The fourth-order valence-electron chi connectivity index (χ4n) is 2.27. The highest BCUT2D eigenvalue weighted by atomic mass is 127. The van der Waals surface area contributed by atoms with Gasteiger partial charge in [-0.15, -0.1) is 0 Å². The van der Waals surface area contributed by atoms with Crippen LogP contribution in [-0.4, -0.2) is 10.7 Å². The summed E-state index contributed by atoms with van der Waals surface area (Å²) in [5.74, 6) is 1.60. The molecule has 2 rings (SSSR count). The Morgan fingerprint density at radius 1 is 1.00 bits per heavy atom. The third kappa shape index (κ3) is 6.11. The Morgan fingerprint density at radius 3 is 2.54 bits per heavy atom. The molecule has 4 nitrogen and oxygen atoms in total. The van der Waals surface area contributed by atoms with Crippen LogP contribution in [0, 0.1) is 6.92 Å². The molecule has 4 N–H and O–H groups in total. The number of rotatable bonds is 9. The number of unbranched alkanes of at least 4 members (excludes halogenated alkanes) is 2. The Kier molecular flexibility index (Phi) is 7.49. The van der Waals surface area contributed by atoms with Gasteiger partial charge >= 0.3 is 0 Å². The molecule has 0 saturated carbocycles. The monoisotopic (exact) mass is 440 g/mol. The maximum Gasteiger partial charge on any atom is 0.149 e. The zero-order valence-corrected chi connectivity index (χ0v) is 16.2. The average Bonchev–Trinajstić information content (AvgIpc) is 2.56. The molecule has 24 heavy (non-hydrogen) atoms. The van der Waals surface area contributed by atoms with Crippen molar-refractivity contribution in [1.29, 1.82) is 0 Å². The Labute approximate surface area is 157 Å². The van der Waals surface area contributed by atoms with Crippen LogP contribution in [0.25, 0.3) is 0 Å². The quantitative estimate of drug-likeness (QED) is 0.251. The lowest BCUT2D eigenvalue weighted by atomic mass is 10.2. The Balaban J connectivity index is 1.59. The summed E-state index contributed by atoms with van der Waals surface area (Å²) in [5, 5.41) is 0. The van der Waals surface area contributed by atoms with E-state index in [9.17, 15) is 0 Å². The Bertz CT molecular complexity index is 649. The Morgan fingerprint density at radius 2 is 1.79 bits per heavy atom. The van der Waals surface area contributed by atoms with Gasteiger partial charge in [-0.25, -0.2) is 0 Å². The van der Waals surface area contributed by atoms with Gasteiger partial charge in [0.25, 0.3) is 0 Å². The highest BCUT2D eigenvalue weighted by Crippen LogP contribution is 2.25. The van der Waals surface area contributed by atoms with Crippen LogP contribution >= 0.6 is 22.6 Å². The topological polar surface area (TPSA) is 70.5 Å². The van der Waals surface area contributed by atoms with Crippen molar-refractivity contribution in [2.75, 3.05) is 18.1 Å². The van der Waals surface area contributed by atoms with Crippen molar-refractivity contribution in [2.24, 2.45) is 0 Å². The van der Waals surface area contributed by atoms with Crippen molar-refractivity contribution in [1.82, 2.24) is 0 Å². The molecule has 0 aromatic heterocycles. The smallest absolute Gasteiger partial charge is 0.149 e. The molecule has 2 aromatic rings. The van der Waals surface area contributed by atoms with Crippen LogP contribution < -0.4 is 20.9 Å². The number of nitrogens with two attached hydrogens (primary N) is 2. The molecule has 0 saturated heterocycles. The summed E-state index contributed by atoms with van der Waals surface area (Å²) in [6.45, 7) is 2.70. The second kappa shape index (κ2) is 9.61. The second-order valence-electron chi connectivity index (χ2n) is 5.78. The fraction of sp³-hybridized carbons (Fsp3) is 0.368. The fourth-order valence-corrected chi connectivity index (χ4v) is 2.98. The third-order valence-electron chi connectivity index (χ3n) is 3.77. The van der Waals surface area contributed by atoms with E-state index in [-0.39, 0.29) is 4.11 Å². The van der Waals surface area contributed by atoms with Crippen LogP contribution in [-0.2, 0) is 0 Å². The van der Waals surface area contributed by atoms with Crippen LogP contribution in [0.1, 0.15) is 31.2 Å². The lowest BCUT2D eigenvalue weighted by molar-refractivity contribution is 0.277. The second-order valence-corrected chi connectivity index (χ2v) is 7.17. The average molecular weight is 440 g/mol. The van der Waals surface area contributed by atoms with Gasteiger partial charge in [0, 0.05) is 11.8 Å². The number of nitrogen functional groups attached to an aromatic ring is 2. The van der Waals surface area contributed by atoms with Gasteiger partial charge in [0.2, 0.25) is 0 Å². The highest BCUT2D eigenvalue weighted by molar-refractivity contribution is 14.1. The first-order valence-corrected chi connectivity index (χ1v) is 9.45. The number of alkyl halides is 1. The van der Waals surface area contributed by atoms with Gasteiger partial charge in [0.15, 0.2) is 0 Å². The molecule has 0 aliphatic carbocycles. The SMILES string of the molecule is Cc1ccc(OCCCCCC(I)Oc2ccccc2N)cc1N. The normalized spacial score (nSPS) is 11.9. The zero-order valence-electron chi connectivity index (χ0n) is 14.0. The summed E-state index contributed by atoms with van der Waals surface area (Å²) >= 11 is 2.32. The maximum absolute atomic E-state index is 5.88. The molecule has 0 fully saturated rings. The van der Waals surface area contributed by atoms with Gasteiger partial charge in [-0.1, -0.05) is 18.2 Å². The number of halogens is 1. The van der Waals surface area contributed by atoms with E-state index in [1.165, 1.54) is 0 Å². The summed E-state index contributed by atoms with van der Waals surface area (Å²) in [6, 6.07) is 13.4. The van der Waals surface area contributed by atoms with Gasteiger partial charge in [-0.3, -0.25) is 0 Å². The van der Waals surface area contributed by atoms with Crippen LogP contribution in [0.5, 0.6) is 11.5 Å². The van der Waals surface area contributed by atoms with Crippen molar-refractivity contribution in [2.45, 2.75) is 36.7 Å². The molecule has 0 bridgehead atoms. The molecule has 0 spiro atoms. The molecule has 0 aliphatic heterocycles. The van der Waals surface area contributed by atoms with Gasteiger partial charge in [-0.2, -0.15) is 0 Å². The highest BCUT2D eigenvalue weighted by Gasteiger charge is 2.07. The minimum absolute atomic E-state index is 0.130. The minimum atomic E-state index is 0.130. The summed E-state index contributed by atoms with van der Waals surface area (Å²) < 4.78 is 11.7. The van der Waals surface area contributed by atoms with Crippen molar-refractivity contribution in [3.05, 3.63) is 48.0 Å². The number of anilines is 2. The number of hydrogen-bond acceptors (Lipinski definition) is 4. The van der Waals surface area contributed by atoms with E-state index >= 15 is 0 Å². The third-order valence-corrected chi connectivity index (χ3v) is 4.65. The summed E-state index contributed by atoms with van der Waals surface area (Å²) in [6.07, 6.45) is 4.21. The van der Waals surface area contributed by atoms with Gasteiger partial charge in [0.05, 0.1) is 12.3 Å². The zero-order chi connectivity index (χ0) is 17.4. The van der Waals surface area contributed by atoms with Crippen LogP contribution in [0.15, 0.2) is 42.5 Å². The van der Waals surface area contributed by atoms with Gasteiger partial charge in [-0.05, 0) is 79.0 Å². The first-order chi connectivity index (χ1) is 11.6. The number of para-hydroxylation sites is 2. The molecule has 0 aliphatic rings. The van der Waals surface area contributed by atoms with E-state index in [0.717, 1.165) is 48.4 Å². The number of benzene rings is 2. The predicted molar refractivity (Wildman–Crippen MR) is 109 cm³/mol. The van der Waals surface area contributed by atoms with Gasteiger partial charge < -0.3 is 20.9 Å². The van der Waals surface area contributed by atoms with E-state index in [4.69, 9.17) is 20.9 Å². The Hall–Kier alpha value is -1.63. The predicted octanol–water partition coefficient (Wildman–Crippen LogP) is 4.94. The summed E-state index contributed by atoms with van der Waals surface area (Å²) in [4.78, 5) is 0. The standard InChI is InChI=1S/C19H25IN2O2/c1-14-10-11-15(13-17(14)22)23-12-6-2-3-9-19(20)24-18-8-5-4-7-16(18)21/h4-5,7-8,10-11,13,19H,2-3,6,9,12,21-22H2,1H3. The van der Waals surface area contributed by atoms with Crippen molar-refractivity contribution >= 4 is 34.0 Å². The number of aryl methyl sites for hydroxylation is 1. The number of ether oxygens (including phenoxy) is 2. The first-order valence-electron chi connectivity index (χ1n) is 8.20. The summed E-state index contributed by atoms with van der Waals surface area (Å²) in [7, 11) is 0. The van der Waals surface area contributed by atoms with Crippen molar-refractivity contribution in [3.8, 4) is 11.5 Å².